The van der Waals surface area contributed by atoms with Gasteiger partial charge in [0.15, 0.2) is 0 Å². The highest BCUT2D eigenvalue weighted by Gasteiger charge is 2.17. The van der Waals surface area contributed by atoms with Gasteiger partial charge in [0.1, 0.15) is 11.5 Å². The summed E-state index contributed by atoms with van der Waals surface area (Å²) in [5.41, 5.74) is 8.73. The number of aromatic nitrogens is 1. The van der Waals surface area contributed by atoms with Crippen molar-refractivity contribution in [1.82, 2.24) is 4.57 Å². The van der Waals surface area contributed by atoms with E-state index in [1.54, 1.807) is 13.4 Å². The highest BCUT2D eigenvalue weighted by molar-refractivity contribution is 5.95. The molecule has 23 heavy (non-hydrogen) atoms. The summed E-state index contributed by atoms with van der Waals surface area (Å²) in [5, 5.41) is 0. The van der Waals surface area contributed by atoms with Gasteiger partial charge >= 0.3 is 0 Å². The maximum Gasteiger partial charge on any atom is 0.250 e. The molecule has 0 aliphatic heterocycles. The fraction of sp³-hybridized carbons (Fsp3) is 0.167. The topological polar surface area (TPSA) is 70.4 Å². The van der Waals surface area contributed by atoms with Crippen molar-refractivity contribution in [2.75, 3.05) is 7.11 Å². The molecule has 5 nitrogen and oxygen atoms in total. The Hall–Kier alpha value is -2.95. The van der Waals surface area contributed by atoms with Crippen LogP contribution >= 0.6 is 0 Å². The van der Waals surface area contributed by atoms with Gasteiger partial charge in [-0.3, -0.25) is 4.79 Å². The molecule has 0 radical (unpaired) electrons. The van der Waals surface area contributed by atoms with E-state index in [-0.39, 0.29) is 0 Å². The first kappa shape index (κ1) is 15.0. The molecular formula is C18H18N2O3. The summed E-state index contributed by atoms with van der Waals surface area (Å²) in [4.78, 5) is 11.7. The van der Waals surface area contributed by atoms with Crippen LogP contribution in [0.1, 0.15) is 21.8 Å². The lowest BCUT2D eigenvalue weighted by Crippen LogP contribution is -2.12. The number of ether oxygens (including phenoxy) is 1. The Morgan fingerprint density at radius 1 is 1.26 bits per heavy atom. The van der Waals surface area contributed by atoms with Gasteiger partial charge in [0.05, 0.1) is 25.5 Å². The van der Waals surface area contributed by atoms with Crippen LogP contribution in [0.4, 0.5) is 0 Å². The van der Waals surface area contributed by atoms with Gasteiger partial charge < -0.3 is 19.5 Å². The standard InChI is InChI=1S/C18H18N2O3/c1-12-16(18(19)21)10-17(13-5-7-14(22-2)8-6-13)20(12)11-15-4-3-9-23-15/h3-10H,11H2,1-2H3,(H2,19,21). The number of carbonyl (C=O) groups excluding carboxylic acids is 1. The molecule has 0 saturated heterocycles. The van der Waals surface area contributed by atoms with Gasteiger partial charge in [-0.05, 0) is 55.0 Å². The lowest BCUT2D eigenvalue weighted by Gasteiger charge is -2.11. The first-order valence-corrected chi connectivity index (χ1v) is 7.27. The Labute approximate surface area is 134 Å². The predicted molar refractivity (Wildman–Crippen MR) is 87.5 cm³/mol. The highest BCUT2D eigenvalue weighted by Crippen LogP contribution is 2.28. The zero-order chi connectivity index (χ0) is 16.4. The number of carbonyl (C=O) groups is 1. The van der Waals surface area contributed by atoms with Crippen molar-refractivity contribution in [3.63, 3.8) is 0 Å². The van der Waals surface area contributed by atoms with Crippen molar-refractivity contribution >= 4 is 5.91 Å². The monoisotopic (exact) mass is 310 g/mol. The normalized spacial score (nSPS) is 10.7. The Bertz CT molecular complexity index is 815. The van der Waals surface area contributed by atoms with Crippen LogP contribution in [0, 0.1) is 6.92 Å². The van der Waals surface area contributed by atoms with E-state index in [4.69, 9.17) is 14.9 Å². The second-order valence-electron chi connectivity index (χ2n) is 5.29. The van der Waals surface area contributed by atoms with Gasteiger partial charge in [-0.1, -0.05) is 0 Å². The van der Waals surface area contributed by atoms with Crippen LogP contribution in [0.3, 0.4) is 0 Å². The van der Waals surface area contributed by atoms with Crippen molar-refractivity contribution in [1.29, 1.82) is 0 Å². The average Bonchev–Trinajstić information content (AvgIpc) is 3.17. The molecule has 118 valence electrons. The molecule has 0 spiro atoms. The Morgan fingerprint density at radius 3 is 2.57 bits per heavy atom. The number of amides is 1. The van der Waals surface area contributed by atoms with Crippen molar-refractivity contribution < 1.29 is 13.9 Å². The molecule has 0 bridgehead atoms. The van der Waals surface area contributed by atoms with E-state index in [9.17, 15) is 4.79 Å². The van der Waals surface area contributed by atoms with Crippen LogP contribution in [-0.4, -0.2) is 17.6 Å². The number of benzene rings is 1. The largest absolute Gasteiger partial charge is 0.497 e. The first-order valence-electron chi connectivity index (χ1n) is 7.27. The third-order valence-electron chi connectivity index (χ3n) is 3.91. The molecule has 2 aromatic heterocycles. The van der Waals surface area contributed by atoms with E-state index in [2.05, 4.69) is 0 Å². The molecule has 2 heterocycles. The van der Waals surface area contributed by atoms with E-state index in [1.165, 1.54) is 0 Å². The first-order chi connectivity index (χ1) is 11.1. The van der Waals surface area contributed by atoms with E-state index in [1.807, 2.05) is 54.0 Å². The van der Waals surface area contributed by atoms with Crippen molar-refractivity contribution in [2.45, 2.75) is 13.5 Å². The van der Waals surface area contributed by atoms with Gasteiger partial charge in [0, 0.05) is 11.4 Å². The molecule has 0 saturated carbocycles. The van der Waals surface area contributed by atoms with E-state index >= 15 is 0 Å². The second-order valence-corrected chi connectivity index (χ2v) is 5.29. The summed E-state index contributed by atoms with van der Waals surface area (Å²) in [6.07, 6.45) is 1.64. The lowest BCUT2D eigenvalue weighted by molar-refractivity contribution is 0.0999. The molecule has 3 rings (SSSR count). The minimum atomic E-state index is -0.435. The lowest BCUT2D eigenvalue weighted by atomic mass is 10.1. The summed E-state index contributed by atoms with van der Waals surface area (Å²) >= 11 is 0. The number of nitrogens with two attached hydrogens (primary N) is 1. The smallest absolute Gasteiger partial charge is 0.250 e. The van der Waals surface area contributed by atoms with E-state index < -0.39 is 5.91 Å². The number of hydrogen-bond donors (Lipinski definition) is 1. The second kappa shape index (κ2) is 6.04. The number of primary amides is 1. The maximum absolute atomic E-state index is 11.7. The van der Waals surface area contributed by atoms with Crippen molar-refractivity contribution in [3.8, 4) is 17.0 Å². The average molecular weight is 310 g/mol. The van der Waals surface area contributed by atoms with Crippen LogP contribution in [-0.2, 0) is 6.54 Å². The molecule has 0 fully saturated rings. The fourth-order valence-corrected chi connectivity index (χ4v) is 2.66. The molecule has 0 aliphatic rings. The van der Waals surface area contributed by atoms with Crippen molar-refractivity contribution in [3.05, 3.63) is 65.7 Å². The van der Waals surface area contributed by atoms with Gasteiger partial charge in [-0.15, -0.1) is 0 Å². The van der Waals surface area contributed by atoms with Gasteiger partial charge in [0.2, 0.25) is 0 Å². The van der Waals surface area contributed by atoms with Gasteiger partial charge in [-0.2, -0.15) is 0 Å². The Kier molecular flexibility index (Phi) is 3.93. The van der Waals surface area contributed by atoms with E-state index in [0.29, 0.717) is 12.1 Å². The minimum absolute atomic E-state index is 0.435. The number of methoxy groups -OCH3 is 1. The quantitative estimate of drug-likeness (QED) is 0.786. The summed E-state index contributed by atoms with van der Waals surface area (Å²) in [6, 6.07) is 13.3. The molecule has 0 atom stereocenters. The summed E-state index contributed by atoms with van der Waals surface area (Å²) in [6.45, 7) is 2.42. The number of rotatable bonds is 5. The van der Waals surface area contributed by atoms with E-state index in [0.717, 1.165) is 28.5 Å². The van der Waals surface area contributed by atoms with Gasteiger partial charge in [-0.25, -0.2) is 0 Å². The molecule has 3 aromatic rings. The summed E-state index contributed by atoms with van der Waals surface area (Å²) in [5.74, 6) is 1.16. The molecule has 0 unspecified atom stereocenters. The zero-order valence-corrected chi connectivity index (χ0v) is 13.1. The summed E-state index contributed by atoms with van der Waals surface area (Å²) in [7, 11) is 1.63. The SMILES string of the molecule is COc1ccc(-c2cc(C(N)=O)c(C)n2Cc2ccco2)cc1. The molecular weight excluding hydrogens is 292 g/mol. The number of nitrogens with zero attached hydrogens (tertiary/aromatic N) is 1. The molecule has 0 aliphatic carbocycles. The number of hydrogen-bond acceptors (Lipinski definition) is 3. The third kappa shape index (κ3) is 2.85. The molecule has 5 heteroatoms. The van der Waals surface area contributed by atoms with Gasteiger partial charge in [0.25, 0.3) is 5.91 Å². The Balaban J connectivity index is 2.09. The van der Waals surface area contributed by atoms with Crippen LogP contribution in [0.2, 0.25) is 0 Å². The van der Waals surface area contributed by atoms with Crippen LogP contribution in [0.15, 0.2) is 53.1 Å². The highest BCUT2D eigenvalue weighted by atomic mass is 16.5. The molecule has 2 N–H and O–H groups in total. The molecule has 1 amide bonds. The maximum atomic E-state index is 11.7. The third-order valence-corrected chi connectivity index (χ3v) is 3.91. The van der Waals surface area contributed by atoms with Crippen LogP contribution < -0.4 is 10.5 Å². The molecule has 1 aromatic carbocycles. The van der Waals surface area contributed by atoms with Crippen molar-refractivity contribution in [2.24, 2.45) is 5.73 Å². The minimum Gasteiger partial charge on any atom is -0.497 e. The zero-order valence-electron chi connectivity index (χ0n) is 13.1. The predicted octanol–water partition coefficient (Wildman–Crippen LogP) is 3.21. The summed E-state index contributed by atoms with van der Waals surface area (Å²) < 4.78 is 12.7. The Morgan fingerprint density at radius 2 is 2.00 bits per heavy atom. The van der Waals surface area contributed by atoms with Crippen LogP contribution in [0.5, 0.6) is 5.75 Å². The number of furan rings is 1. The fourth-order valence-electron chi connectivity index (χ4n) is 2.66. The van der Waals surface area contributed by atoms with Crippen LogP contribution in [0.25, 0.3) is 11.3 Å².